The number of aliphatic hydroxyl groups is 3. The van der Waals surface area contributed by atoms with Crippen molar-refractivity contribution in [2.45, 2.75) is 172 Å². The second-order valence-corrected chi connectivity index (χ2v) is 37.9. The Morgan fingerprint density at radius 3 is 1.97 bits per heavy atom. The van der Waals surface area contributed by atoms with E-state index in [-0.39, 0.29) is 55.0 Å². The Morgan fingerprint density at radius 2 is 1.35 bits per heavy atom. The van der Waals surface area contributed by atoms with Gasteiger partial charge in [-0.05, 0) is 92.8 Å². The predicted octanol–water partition coefficient (Wildman–Crippen LogP) is -1.56. The maximum absolute atomic E-state index is 15.3. The number of carbonyl (C=O) groups excluding carboxylic acids is 14. The van der Waals surface area contributed by atoms with Crippen molar-refractivity contribution < 1.29 is 134 Å². The van der Waals surface area contributed by atoms with Crippen molar-refractivity contribution in [1.82, 2.24) is 79.0 Å². The van der Waals surface area contributed by atoms with Gasteiger partial charge in [-0.1, -0.05) is 58.3 Å². The molecule has 2 bridgehead atoms. The molecule has 1 aromatic heterocycles. The van der Waals surface area contributed by atoms with Crippen molar-refractivity contribution in [3.8, 4) is 5.75 Å². The number of alkyl carbamates (subject to hydrolysis) is 1. The number of ether oxygens (including phenoxy) is 9. The van der Waals surface area contributed by atoms with Gasteiger partial charge in [-0.2, -0.15) is 35.3 Å². The number of hydrazine groups is 2. The fraction of sp³-hybridized carbons (Fsp3) is 0.656. The SMILES string of the molecule is CCOCCOCCN1C=C(CNC(=O)OCc2ccc(NC(=O)[C@H](CCCNC(N)=O)NC(=O)[C@H](CC(C)C)NC(=O)CON=C(CSC)CSC)cc2)NN1.CCOCCOCCOCCOCCOCCSCc1c(OC)ccc2c3c([nH]c12)S(=O)C[C@H]1NC(=O)CNC(=O)[C@H]([C@@H](C)CC)CC(=O)CNC(=O)[C@H](C3)NC(=O)[C@H]([C@@H](C)[C@@H](O)CO)NC(=O)[C@@H]2C[C@@H](O)CN2C(=O)[C@H](CC(N)=O)NC1=O. The predicted molar refractivity (Wildman–Crippen MR) is 526 cm³/mol. The number of aromatic nitrogens is 1. The first-order valence-electron chi connectivity index (χ1n) is 46.8. The minimum atomic E-state index is -2.42. The number of amides is 14. The molecule has 4 aliphatic heterocycles. The Kier molecular flexibility index (Phi) is 55.7. The molecule has 1 saturated heterocycles. The standard InChI is InChI=1S/C54H83N9O19S2.C36H60N10O9S2/c1-6-30(3)35-20-32(65)24-56-49(71)38-22-36-34-8-9-43(77-5)37(28-83-19-18-82-17-16-81-15-14-80-13-12-79-11-10-78-7-2)47(34)62-53(36)84(76)29-40(58-45(69)25-57-48(35)70)50(72)60-39(23-44(55)68)54(75)63-26-33(66)21-41(63)51(73)61-46(52(74)59-38)31(4)42(67)27-64;1-6-52-16-17-53-15-14-46-20-28(43-45-46)19-39-36(51)54-21-26-9-11-27(12-10-26)40-33(48)30(8-7-13-38-35(37)50)42-34(49)31(18-25(2)3)41-32(47)22-55-44-29(23-56-4)24-57-5/h8-9,30-31,33,35,38-42,46,62,64,66-67H,6-7,10-29H2,1-5H3,(H2,55,68)(H,56,71)(H,57,70)(H,58,69)(H,59,74)(H,60,72)(H,61,73);9-12,20,25,30-31,43,45H,6-8,13-19,21-24H2,1-5H3,(H,39,51)(H,40,48)(H,41,47)(H,42,49)(H3,37,38,50)/t30-,31-,33+,35-,38-,39-,40+,41-,42-,46-,84?;30-,31-/m00/s1. The Hall–Kier alpha value is -10.3. The van der Waals surface area contributed by atoms with Crippen molar-refractivity contribution in [3.05, 3.63) is 65.0 Å². The van der Waals surface area contributed by atoms with Crippen LogP contribution in [-0.2, 0) is 130 Å². The first-order valence-corrected chi connectivity index (χ1v) is 52.0. The number of anilines is 1. The number of nitrogens with two attached hydrogens (primary N) is 2. The average molecular weight is 2070 g/mol. The maximum Gasteiger partial charge on any atom is 0.407 e. The third-order valence-corrected chi connectivity index (χ3v) is 26.0. The zero-order chi connectivity index (χ0) is 103. The zero-order valence-electron chi connectivity index (χ0n) is 81.7. The number of oxime groups is 1. The van der Waals surface area contributed by atoms with Gasteiger partial charge in [-0.3, -0.25) is 66.8 Å². The molecule has 790 valence electrons. The summed E-state index contributed by atoms with van der Waals surface area (Å²) in [6, 6.07) is -1.50. The van der Waals surface area contributed by atoms with Gasteiger partial charge in [-0.25, -0.2) is 9.59 Å². The molecule has 2 aromatic carbocycles. The summed E-state index contributed by atoms with van der Waals surface area (Å²) < 4.78 is 64.7. The molecule has 1 fully saturated rings. The van der Waals surface area contributed by atoms with E-state index in [9.17, 15) is 82.4 Å². The molecule has 141 heavy (non-hydrogen) atoms. The summed E-state index contributed by atoms with van der Waals surface area (Å²) in [5, 5.41) is 66.6. The molecule has 14 amide bonds. The number of nitrogens with one attached hydrogen (secondary N) is 14. The molecule has 7 rings (SSSR count). The molecule has 0 spiro atoms. The number of H-pyrrole nitrogens is 1. The summed E-state index contributed by atoms with van der Waals surface area (Å²) in [6.45, 7) is 16.7. The molecule has 0 radical (unpaired) electrons. The summed E-state index contributed by atoms with van der Waals surface area (Å²) in [6.07, 6.45) is 1.12. The van der Waals surface area contributed by atoms with Crippen LogP contribution in [0.1, 0.15) is 110 Å². The largest absolute Gasteiger partial charge is 0.496 e. The molecule has 0 aliphatic carbocycles. The fourth-order valence-corrected chi connectivity index (χ4v) is 18.1. The number of benzene rings is 2. The molecule has 21 N–H and O–H groups in total. The number of fused-ring (bicyclic) bond motifs is 5. The minimum Gasteiger partial charge on any atom is -0.496 e. The van der Waals surface area contributed by atoms with Crippen molar-refractivity contribution in [2.24, 2.45) is 40.3 Å². The highest BCUT2D eigenvalue weighted by molar-refractivity contribution is 8.00. The minimum absolute atomic E-state index is 0.0152. The van der Waals surface area contributed by atoms with E-state index in [1.54, 1.807) is 78.8 Å². The number of thioether (sulfide) groups is 3. The maximum atomic E-state index is 15.3. The number of primary amides is 2. The molecule has 13 atom stereocenters. The lowest BCUT2D eigenvalue weighted by atomic mass is 9.86. The number of ketones is 1. The van der Waals surface area contributed by atoms with Gasteiger partial charge in [0.25, 0.3) is 5.91 Å². The number of aromatic amines is 1. The van der Waals surface area contributed by atoms with Crippen molar-refractivity contribution >= 4 is 151 Å². The van der Waals surface area contributed by atoms with Crippen molar-refractivity contribution in [1.29, 1.82) is 0 Å². The first-order chi connectivity index (χ1) is 67.6. The molecule has 4 aliphatic rings. The van der Waals surface area contributed by atoms with Crippen LogP contribution in [-0.4, -0.2) is 365 Å². The van der Waals surface area contributed by atoms with Gasteiger partial charge >= 0.3 is 12.1 Å². The van der Waals surface area contributed by atoms with Gasteiger partial charge in [-0.15, -0.1) is 5.53 Å². The topological polar surface area (TPSA) is 652 Å². The van der Waals surface area contributed by atoms with Crippen LogP contribution >= 0.6 is 35.3 Å². The molecular weight excluding hydrogens is 1920 g/mol. The van der Waals surface area contributed by atoms with Gasteiger partial charge in [0.15, 0.2) is 12.4 Å². The highest BCUT2D eigenvalue weighted by Crippen LogP contribution is 2.37. The van der Waals surface area contributed by atoms with E-state index in [1.807, 2.05) is 46.4 Å². The van der Waals surface area contributed by atoms with Crippen LogP contribution in [0.25, 0.3) is 10.9 Å². The normalized spacial score (nSPS) is 20.0. The van der Waals surface area contributed by atoms with Gasteiger partial charge in [0.1, 0.15) is 59.7 Å². The Balaban J connectivity index is 0.000000466. The fourth-order valence-electron chi connectivity index (χ4n) is 14.8. The van der Waals surface area contributed by atoms with Crippen LogP contribution in [0, 0.1) is 23.7 Å². The van der Waals surface area contributed by atoms with Gasteiger partial charge < -0.3 is 148 Å². The number of rotatable bonds is 55. The van der Waals surface area contributed by atoms with Gasteiger partial charge in [0, 0.05) is 103 Å². The van der Waals surface area contributed by atoms with Crippen LogP contribution in [0.15, 0.2) is 58.5 Å². The molecule has 5 heterocycles. The Labute approximate surface area is 835 Å². The lowest BCUT2D eigenvalue weighted by molar-refractivity contribution is -0.144. The highest BCUT2D eigenvalue weighted by Gasteiger charge is 2.46. The second-order valence-electron chi connectivity index (χ2n) is 33.6. The summed E-state index contributed by atoms with van der Waals surface area (Å²) in [4.78, 5) is 200. The number of urea groups is 1. The zero-order valence-corrected chi connectivity index (χ0v) is 84.9. The molecule has 51 heteroatoms. The number of hydrogen-bond donors (Lipinski definition) is 19. The number of Topliss-reactive ketones (excluding diaryl/α,β-unsaturated/α-hetero) is 1. The molecule has 47 nitrogen and oxygen atoms in total. The molecule has 1 unspecified atom stereocenters. The van der Waals surface area contributed by atoms with Crippen LogP contribution in [0.2, 0.25) is 0 Å². The van der Waals surface area contributed by atoms with Crippen LogP contribution in [0.3, 0.4) is 0 Å². The summed E-state index contributed by atoms with van der Waals surface area (Å²) in [7, 11) is -0.970. The lowest BCUT2D eigenvalue weighted by Crippen LogP contribution is -2.62. The number of nitrogens with zero attached hydrogens (tertiary/aromatic N) is 3. The Morgan fingerprint density at radius 1 is 0.709 bits per heavy atom. The van der Waals surface area contributed by atoms with Gasteiger partial charge in [0.05, 0.1) is 171 Å². The van der Waals surface area contributed by atoms with E-state index in [0.717, 1.165) is 16.3 Å². The monoisotopic (exact) mass is 2070 g/mol. The number of aliphatic hydroxyl groups excluding tert-OH is 3. The van der Waals surface area contributed by atoms with E-state index in [2.05, 4.69) is 79.6 Å². The first kappa shape index (κ1) is 119. The highest BCUT2D eigenvalue weighted by atomic mass is 32.2. The van der Waals surface area contributed by atoms with E-state index < -0.39 is 224 Å². The third kappa shape index (κ3) is 43.1. The molecular formula is C90H143N19O28S4. The van der Waals surface area contributed by atoms with Gasteiger partial charge in [0.2, 0.25) is 59.1 Å². The second kappa shape index (κ2) is 65.8. The smallest absolute Gasteiger partial charge is 0.407 e. The lowest BCUT2D eigenvalue weighted by Gasteiger charge is -2.32. The van der Waals surface area contributed by atoms with Crippen LogP contribution < -0.4 is 85.6 Å². The van der Waals surface area contributed by atoms with E-state index in [0.29, 0.717) is 169 Å². The molecule has 3 aromatic rings. The van der Waals surface area contributed by atoms with E-state index in [4.69, 9.17) is 58.9 Å². The average Bonchev–Trinajstić information content (AvgIpc) is 1.61. The quantitative estimate of drug-likeness (QED) is 0.0173. The number of carbonyl (C=O) groups is 14. The van der Waals surface area contributed by atoms with Crippen molar-refractivity contribution in [3.63, 3.8) is 0 Å². The Bertz CT molecular complexity index is 4600. The number of hydrogen-bond acceptors (Lipinski definition) is 35. The summed E-state index contributed by atoms with van der Waals surface area (Å²) in [5.74, 6) is -11.3. The van der Waals surface area contributed by atoms with Crippen LogP contribution in [0.5, 0.6) is 5.75 Å². The third-order valence-electron chi connectivity index (χ3n) is 22.4. The molecule has 0 saturated carbocycles. The number of methoxy groups -OCH3 is 1. The van der Waals surface area contributed by atoms with Crippen LogP contribution in [0.4, 0.5) is 15.3 Å². The summed E-state index contributed by atoms with van der Waals surface area (Å²) >= 11 is 4.64. The summed E-state index contributed by atoms with van der Waals surface area (Å²) in [5.41, 5.74) is 20.4. The van der Waals surface area contributed by atoms with E-state index >= 15 is 4.21 Å². The van der Waals surface area contributed by atoms with E-state index in [1.165, 1.54) is 25.8 Å². The van der Waals surface area contributed by atoms with Crippen molar-refractivity contribution in [2.75, 3.05) is 193 Å².